The molecule has 19 heavy (non-hydrogen) atoms. The lowest BCUT2D eigenvalue weighted by atomic mass is 10.1. The smallest absolute Gasteiger partial charge is 0.136 e. The van der Waals surface area contributed by atoms with Crippen LogP contribution in [0.4, 0.5) is 0 Å². The molecule has 2 N–H and O–H groups in total. The molecule has 0 aliphatic rings. The van der Waals surface area contributed by atoms with Crippen LogP contribution < -0.4 is 10.5 Å². The first-order valence-corrected chi connectivity index (χ1v) is 7.71. The van der Waals surface area contributed by atoms with Gasteiger partial charge in [-0.15, -0.1) is 6.58 Å². The molecule has 2 nitrogen and oxygen atoms in total. The van der Waals surface area contributed by atoms with Crippen LogP contribution in [0.15, 0.2) is 35.3 Å². The molecule has 0 aromatic heterocycles. The summed E-state index contributed by atoms with van der Waals surface area (Å²) in [7, 11) is 0. The highest BCUT2D eigenvalue weighted by atomic mass is 79.9. The Morgan fingerprint density at radius 1 is 1.37 bits per heavy atom. The van der Waals surface area contributed by atoms with Crippen LogP contribution >= 0.6 is 15.9 Å². The molecule has 0 radical (unpaired) electrons. The van der Waals surface area contributed by atoms with E-state index >= 15 is 0 Å². The number of unbranched alkanes of at least 4 members (excludes halogenated alkanes) is 3. The van der Waals surface area contributed by atoms with Crippen LogP contribution in [0.5, 0.6) is 5.75 Å². The van der Waals surface area contributed by atoms with Gasteiger partial charge < -0.3 is 10.5 Å². The largest absolute Gasteiger partial charge is 0.492 e. The molecular formula is C16H24BrNO. The summed E-state index contributed by atoms with van der Waals surface area (Å²) in [6.07, 6.45) is 7.34. The minimum Gasteiger partial charge on any atom is -0.492 e. The molecule has 0 saturated heterocycles. The zero-order valence-corrected chi connectivity index (χ0v) is 13.3. The molecule has 1 atom stereocenters. The predicted octanol–water partition coefficient (Wildman–Crippen LogP) is 4.46. The molecular weight excluding hydrogens is 302 g/mol. The number of hydrogen-bond donors (Lipinski definition) is 1. The first kappa shape index (κ1) is 16.3. The molecule has 1 rings (SSSR count). The van der Waals surface area contributed by atoms with E-state index < -0.39 is 0 Å². The summed E-state index contributed by atoms with van der Waals surface area (Å²) < 4.78 is 6.93. The molecule has 0 fully saturated rings. The summed E-state index contributed by atoms with van der Waals surface area (Å²) in [5, 5.41) is 0. The fraction of sp³-hybridized carbons (Fsp3) is 0.500. The van der Waals surface area contributed by atoms with Gasteiger partial charge in [0.1, 0.15) is 5.75 Å². The van der Waals surface area contributed by atoms with Gasteiger partial charge in [-0.3, -0.25) is 0 Å². The second-order valence-electron chi connectivity index (χ2n) is 4.90. The molecule has 0 saturated carbocycles. The summed E-state index contributed by atoms with van der Waals surface area (Å²) in [5.74, 6) is 0.948. The van der Waals surface area contributed by atoms with Crippen LogP contribution in [0.3, 0.4) is 0 Å². The lowest BCUT2D eigenvalue weighted by Gasteiger charge is -2.14. The Bertz CT molecular complexity index is 390. The van der Waals surface area contributed by atoms with Crippen molar-refractivity contribution in [3.63, 3.8) is 0 Å². The first-order chi connectivity index (χ1) is 9.15. The van der Waals surface area contributed by atoms with Crippen molar-refractivity contribution < 1.29 is 4.74 Å². The maximum Gasteiger partial charge on any atom is 0.136 e. The lowest BCUT2D eigenvalue weighted by molar-refractivity contribution is 0.300. The van der Waals surface area contributed by atoms with E-state index in [2.05, 4.69) is 28.6 Å². The summed E-state index contributed by atoms with van der Waals surface area (Å²) in [5.41, 5.74) is 7.05. The number of benzene rings is 1. The van der Waals surface area contributed by atoms with Crippen LogP contribution in [0.25, 0.3) is 0 Å². The molecule has 0 aliphatic heterocycles. The summed E-state index contributed by atoms with van der Waals surface area (Å²) in [6, 6.07) is 6.27. The fourth-order valence-electron chi connectivity index (χ4n) is 1.96. The normalized spacial score (nSPS) is 12.2. The molecule has 1 aromatic rings. The van der Waals surface area contributed by atoms with Crippen molar-refractivity contribution in [2.45, 2.75) is 45.1 Å². The molecule has 0 heterocycles. The highest BCUT2D eigenvalue weighted by molar-refractivity contribution is 9.10. The van der Waals surface area contributed by atoms with Crippen LogP contribution in [0.1, 0.15) is 38.2 Å². The Balaban J connectivity index is 2.49. The molecule has 1 aromatic carbocycles. The maximum atomic E-state index is 5.92. The molecule has 0 aliphatic carbocycles. The predicted molar refractivity (Wildman–Crippen MR) is 85.7 cm³/mol. The zero-order chi connectivity index (χ0) is 14.1. The van der Waals surface area contributed by atoms with Crippen molar-refractivity contribution in [1.29, 1.82) is 0 Å². The average Bonchev–Trinajstić information content (AvgIpc) is 2.35. The number of ether oxygens (including phenoxy) is 1. The van der Waals surface area contributed by atoms with Crippen molar-refractivity contribution in [1.82, 2.24) is 0 Å². The standard InChI is InChI=1S/C16H24BrNO/c1-3-4-5-6-7-11-19-16-14(12-13(2)18)9-8-10-15(16)17/h3,8-10,13H,1,4-7,11-12,18H2,2H3. The van der Waals surface area contributed by atoms with Gasteiger partial charge in [-0.2, -0.15) is 0 Å². The van der Waals surface area contributed by atoms with E-state index in [9.17, 15) is 0 Å². The monoisotopic (exact) mass is 325 g/mol. The Kier molecular flexibility index (Phi) is 7.84. The first-order valence-electron chi connectivity index (χ1n) is 6.91. The number of nitrogens with two attached hydrogens (primary N) is 1. The van der Waals surface area contributed by atoms with Crippen LogP contribution in [-0.4, -0.2) is 12.6 Å². The molecule has 3 heteroatoms. The SMILES string of the molecule is C=CCCCCCOc1c(Br)cccc1CC(C)N. The topological polar surface area (TPSA) is 35.2 Å². The molecule has 0 amide bonds. The van der Waals surface area contributed by atoms with Crippen molar-refractivity contribution in [2.75, 3.05) is 6.61 Å². The molecule has 1 unspecified atom stereocenters. The van der Waals surface area contributed by atoms with Gasteiger partial charge in [0.2, 0.25) is 0 Å². The zero-order valence-electron chi connectivity index (χ0n) is 11.7. The van der Waals surface area contributed by atoms with Gasteiger partial charge in [-0.1, -0.05) is 18.2 Å². The third-order valence-electron chi connectivity index (χ3n) is 2.89. The van der Waals surface area contributed by atoms with E-state index in [-0.39, 0.29) is 6.04 Å². The minimum atomic E-state index is 0.143. The van der Waals surface area contributed by atoms with Gasteiger partial charge in [0.25, 0.3) is 0 Å². The number of halogens is 1. The Morgan fingerprint density at radius 2 is 2.16 bits per heavy atom. The highest BCUT2D eigenvalue weighted by Crippen LogP contribution is 2.30. The van der Waals surface area contributed by atoms with Gasteiger partial charge in [-0.25, -0.2) is 0 Å². The van der Waals surface area contributed by atoms with Gasteiger partial charge >= 0.3 is 0 Å². The summed E-state index contributed by atoms with van der Waals surface area (Å²) in [6.45, 7) is 6.50. The number of hydrogen-bond acceptors (Lipinski definition) is 2. The number of allylic oxidation sites excluding steroid dienone is 1. The maximum absolute atomic E-state index is 5.92. The summed E-state index contributed by atoms with van der Waals surface area (Å²) in [4.78, 5) is 0. The van der Waals surface area contributed by atoms with Crippen molar-refractivity contribution in [3.8, 4) is 5.75 Å². The number of para-hydroxylation sites is 1. The van der Waals surface area contributed by atoms with E-state index in [1.165, 1.54) is 18.4 Å². The van der Waals surface area contributed by atoms with Gasteiger partial charge in [0, 0.05) is 6.04 Å². The Morgan fingerprint density at radius 3 is 2.84 bits per heavy atom. The Labute approximate surface area is 125 Å². The van der Waals surface area contributed by atoms with Gasteiger partial charge in [0.15, 0.2) is 0 Å². The van der Waals surface area contributed by atoms with E-state index in [1.54, 1.807) is 0 Å². The van der Waals surface area contributed by atoms with Crippen LogP contribution in [0.2, 0.25) is 0 Å². The van der Waals surface area contributed by atoms with Gasteiger partial charge in [-0.05, 0) is 66.6 Å². The fourth-order valence-corrected chi connectivity index (χ4v) is 2.49. The average molecular weight is 326 g/mol. The Hall–Kier alpha value is -0.800. The number of rotatable bonds is 9. The van der Waals surface area contributed by atoms with Crippen molar-refractivity contribution in [3.05, 3.63) is 40.9 Å². The van der Waals surface area contributed by atoms with E-state index in [4.69, 9.17) is 10.5 Å². The lowest BCUT2D eigenvalue weighted by Crippen LogP contribution is -2.18. The van der Waals surface area contributed by atoms with Crippen LogP contribution in [-0.2, 0) is 6.42 Å². The van der Waals surface area contributed by atoms with Gasteiger partial charge in [0.05, 0.1) is 11.1 Å². The highest BCUT2D eigenvalue weighted by Gasteiger charge is 2.09. The summed E-state index contributed by atoms with van der Waals surface area (Å²) >= 11 is 3.55. The molecule has 0 spiro atoms. The molecule has 0 bridgehead atoms. The minimum absolute atomic E-state index is 0.143. The second kappa shape index (κ2) is 9.16. The third-order valence-corrected chi connectivity index (χ3v) is 3.51. The second-order valence-corrected chi connectivity index (χ2v) is 5.75. The quantitative estimate of drug-likeness (QED) is 0.537. The van der Waals surface area contributed by atoms with Crippen LogP contribution in [0, 0.1) is 0 Å². The van der Waals surface area contributed by atoms with Crippen molar-refractivity contribution in [2.24, 2.45) is 5.73 Å². The van der Waals surface area contributed by atoms with Crippen molar-refractivity contribution >= 4 is 15.9 Å². The third kappa shape index (κ3) is 6.26. The van der Waals surface area contributed by atoms with E-state index in [0.29, 0.717) is 0 Å². The molecule has 106 valence electrons. The van der Waals surface area contributed by atoms with E-state index in [0.717, 1.165) is 36.1 Å². The van der Waals surface area contributed by atoms with E-state index in [1.807, 2.05) is 25.1 Å².